The summed E-state index contributed by atoms with van der Waals surface area (Å²) in [4.78, 5) is 24.7. The molecule has 1 aromatic rings. The maximum absolute atomic E-state index is 12.3. The van der Waals surface area contributed by atoms with Gasteiger partial charge in [0.05, 0.1) is 6.10 Å². The van der Waals surface area contributed by atoms with Crippen molar-refractivity contribution in [3.05, 3.63) is 33.8 Å². The number of hydrogen-bond acceptors (Lipinski definition) is 3. The van der Waals surface area contributed by atoms with Crippen molar-refractivity contribution in [2.45, 2.75) is 25.5 Å². The van der Waals surface area contributed by atoms with Gasteiger partial charge in [-0.2, -0.15) is 0 Å². The molecular weight excluding hydrogens is 314 g/mol. The Labute approximate surface area is 119 Å². The first-order valence-corrected chi connectivity index (χ1v) is 6.67. The molecule has 1 amide bonds. The fourth-order valence-electron chi connectivity index (χ4n) is 2.30. The number of aliphatic hydroxyl groups excluding tert-OH is 1. The predicted molar refractivity (Wildman–Crippen MR) is 72.0 cm³/mol. The van der Waals surface area contributed by atoms with Crippen LogP contribution in [0.1, 0.15) is 22.3 Å². The van der Waals surface area contributed by atoms with Crippen LogP contribution in [0.4, 0.5) is 0 Å². The Morgan fingerprint density at radius 1 is 1.37 bits per heavy atom. The van der Waals surface area contributed by atoms with E-state index in [2.05, 4.69) is 15.9 Å². The first kappa shape index (κ1) is 14.0. The summed E-state index contributed by atoms with van der Waals surface area (Å²) in [5, 5.41) is 18.6. The van der Waals surface area contributed by atoms with Gasteiger partial charge in [0, 0.05) is 23.0 Å². The number of benzene rings is 1. The molecule has 19 heavy (non-hydrogen) atoms. The lowest BCUT2D eigenvalue weighted by Crippen LogP contribution is -2.40. The Kier molecular flexibility index (Phi) is 3.91. The van der Waals surface area contributed by atoms with Crippen LogP contribution in [0.25, 0.3) is 0 Å². The Morgan fingerprint density at radius 3 is 2.63 bits per heavy atom. The summed E-state index contributed by atoms with van der Waals surface area (Å²) in [6, 6.07) is 4.27. The van der Waals surface area contributed by atoms with Crippen molar-refractivity contribution in [1.29, 1.82) is 0 Å². The molecule has 0 unspecified atom stereocenters. The van der Waals surface area contributed by atoms with Crippen molar-refractivity contribution in [2.75, 3.05) is 6.54 Å². The zero-order chi connectivity index (χ0) is 14.2. The Balaban J connectivity index is 2.30. The molecule has 1 fully saturated rings. The highest BCUT2D eigenvalue weighted by molar-refractivity contribution is 9.10. The molecule has 6 heteroatoms. The summed E-state index contributed by atoms with van der Waals surface area (Å²) >= 11 is 3.31. The summed E-state index contributed by atoms with van der Waals surface area (Å²) in [5.41, 5.74) is 1.33. The highest BCUT2D eigenvalue weighted by Gasteiger charge is 2.39. The van der Waals surface area contributed by atoms with Gasteiger partial charge in [0.25, 0.3) is 5.91 Å². The second-order valence-corrected chi connectivity index (χ2v) is 5.63. The van der Waals surface area contributed by atoms with Crippen molar-refractivity contribution in [1.82, 2.24) is 4.90 Å². The minimum Gasteiger partial charge on any atom is -0.480 e. The van der Waals surface area contributed by atoms with E-state index in [0.29, 0.717) is 5.56 Å². The molecule has 0 spiro atoms. The minimum atomic E-state index is -1.09. The molecule has 0 bridgehead atoms. The minimum absolute atomic E-state index is 0.0569. The van der Waals surface area contributed by atoms with Crippen molar-refractivity contribution >= 4 is 27.8 Å². The molecule has 1 aliphatic heterocycles. The largest absolute Gasteiger partial charge is 0.480 e. The number of aliphatic hydroxyl groups is 1. The van der Waals surface area contributed by atoms with E-state index in [1.165, 1.54) is 4.90 Å². The van der Waals surface area contributed by atoms with Gasteiger partial charge >= 0.3 is 5.97 Å². The van der Waals surface area contributed by atoms with Crippen molar-refractivity contribution < 1.29 is 19.8 Å². The molecule has 1 aromatic carbocycles. The molecule has 0 radical (unpaired) electrons. The van der Waals surface area contributed by atoms with Gasteiger partial charge in [-0.3, -0.25) is 4.79 Å². The summed E-state index contributed by atoms with van der Waals surface area (Å²) in [6.07, 6.45) is -0.702. The molecule has 1 saturated heterocycles. The summed E-state index contributed by atoms with van der Waals surface area (Å²) in [5.74, 6) is -1.45. The Hall–Kier alpha value is -1.40. The lowest BCUT2D eigenvalue weighted by atomic mass is 10.1. The van der Waals surface area contributed by atoms with Crippen LogP contribution in [0.2, 0.25) is 0 Å². The van der Waals surface area contributed by atoms with Gasteiger partial charge in [-0.05, 0) is 30.7 Å². The van der Waals surface area contributed by atoms with E-state index in [9.17, 15) is 14.7 Å². The van der Waals surface area contributed by atoms with Gasteiger partial charge < -0.3 is 15.1 Å². The smallest absolute Gasteiger partial charge is 0.326 e. The van der Waals surface area contributed by atoms with Gasteiger partial charge in [-0.25, -0.2) is 4.79 Å². The Morgan fingerprint density at radius 2 is 2.05 bits per heavy atom. The third-order valence-electron chi connectivity index (χ3n) is 3.11. The number of rotatable bonds is 2. The molecule has 2 rings (SSSR count). The number of carbonyl (C=O) groups excluding carboxylic acids is 1. The van der Waals surface area contributed by atoms with Crippen LogP contribution in [-0.2, 0) is 4.79 Å². The van der Waals surface area contributed by atoms with Crippen molar-refractivity contribution in [2.24, 2.45) is 0 Å². The maximum atomic E-state index is 12.3. The van der Waals surface area contributed by atoms with Crippen LogP contribution in [-0.4, -0.2) is 45.7 Å². The number of β-amino-alcohol motifs (C(OH)–C–C–N with tert-alkyl or cyclic N) is 1. The highest BCUT2D eigenvalue weighted by atomic mass is 79.9. The van der Waals surface area contributed by atoms with E-state index in [4.69, 9.17) is 5.11 Å². The average molecular weight is 328 g/mol. The van der Waals surface area contributed by atoms with Crippen molar-refractivity contribution in [3.63, 3.8) is 0 Å². The zero-order valence-electron chi connectivity index (χ0n) is 10.3. The van der Waals surface area contributed by atoms with E-state index < -0.39 is 18.1 Å². The number of carboxylic acids is 1. The standard InChI is InChI=1S/C13H14BrNO4/c1-7-2-8(4-9(14)3-7)12(17)15-6-10(16)5-11(15)13(18)19/h2-4,10-11,16H,5-6H2,1H3,(H,18,19)/t10-,11-/m1/s1. The fourth-order valence-corrected chi connectivity index (χ4v) is 2.91. The number of likely N-dealkylation sites (tertiary alicyclic amines) is 1. The number of aliphatic carboxylic acids is 1. The first-order chi connectivity index (χ1) is 8.88. The lowest BCUT2D eigenvalue weighted by Gasteiger charge is -2.21. The van der Waals surface area contributed by atoms with Crippen LogP contribution in [0.15, 0.2) is 22.7 Å². The van der Waals surface area contributed by atoms with Gasteiger partial charge in [0.15, 0.2) is 0 Å². The topological polar surface area (TPSA) is 77.8 Å². The molecular formula is C13H14BrNO4. The van der Waals surface area contributed by atoms with Crippen LogP contribution in [0, 0.1) is 6.92 Å². The number of hydrogen-bond donors (Lipinski definition) is 2. The number of carboxylic acid groups (broad SMARTS) is 1. The number of aryl methyl sites for hydroxylation is 1. The highest BCUT2D eigenvalue weighted by Crippen LogP contribution is 2.23. The van der Waals surface area contributed by atoms with E-state index in [1.807, 2.05) is 13.0 Å². The summed E-state index contributed by atoms with van der Waals surface area (Å²) < 4.78 is 0.766. The summed E-state index contributed by atoms with van der Waals surface area (Å²) in [7, 11) is 0. The first-order valence-electron chi connectivity index (χ1n) is 5.87. The number of carbonyl (C=O) groups is 2. The lowest BCUT2D eigenvalue weighted by molar-refractivity contribution is -0.141. The molecule has 0 aliphatic carbocycles. The second-order valence-electron chi connectivity index (χ2n) is 4.72. The molecule has 1 heterocycles. The van der Waals surface area contributed by atoms with Crippen LogP contribution in [0.5, 0.6) is 0 Å². The third-order valence-corrected chi connectivity index (χ3v) is 3.57. The summed E-state index contributed by atoms with van der Waals surface area (Å²) in [6.45, 7) is 1.91. The fraction of sp³-hybridized carbons (Fsp3) is 0.385. The molecule has 5 nitrogen and oxygen atoms in total. The number of halogens is 1. The van der Waals surface area contributed by atoms with Crippen molar-refractivity contribution in [3.8, 4) is 0 Å². The van der Waals surface area contributed by atoms with E-state index >= 15 is 0 Å². The average Bonchev–Trinajstić information content (AvgIpc) is 2.69. The van der Waals surface area contributed by atoms with E-state index in [-0.39, 0.29) is 18.9 Å². The molecule has 2 N–H and O–H groups in total. The van der Waals surface area contributed by atoms with Crippen LogP contribution in [0.3, 0.4) is 0 Å². The molecule has 102 valence electrons. The van der Waals surface area contributed by atoms with Crippen LogP contribution < -0.4 is 0 Å². The monoisotopic (exact) mass is 327 g/mol. The molecule has 0 saturated carbocycles. The zero-order valence-corrected chi connectivity index (χ0v) is 11.9. The maximum Gasteiger partial charge on any atom is 0.326 e. The number of amides is 1. The SMILES string of the molecule is Cc1cc(Br)cc(C(=O)N2C[C@H](O)C[C@@H]2C(=O)O)c1. The van der Waals surface area contributed by atoms with Gasteiger partial charge in [-0.1, -0.05) is 15.9 Å². The third kappa shape index (κ3) is 2.96. The number of nitrogens with zero attached hydrogens (tertiary/aromatic N) is 1. The van der Waals surface area contributed by atoms with Gasteiger partial charge in [0.2, 0.25) is 0 Å². The van der Waals surface area contributed by atoms with Crippen LogP contribution >= 0.6 is 15.9 Å². The van der Waals surface area contributed by atoms with E-state index in [0.717, 1.165) is 10.0 Å². The Bertz CT molecular complexity index is 511. The molecule has 1 aliphatic rings. The predicted octanol–water partition coefficient (Wildman–Crippen LogP) is 1.42. The molecule has 2 atom stereocenters. The van der Waals surface area contributed by atoms with Gasteiger partial charge in [0.1, 0.15) is 6.04 Å². The van der Waals surface area contributed by atoms with Gasteiger partial charge in [-0.15, -0.1) is 0 Å². The quantitative estimate of drug-likeness (QED) is 0.861. The second kappa shape index (κ2) is 5.30. The van der Waals surface area contributed by atoms with E-state index in [1.54, 1.807) is 12.1 Å². The molecule has 0 aromatic heterocycles. The normalized spacial score (nSPS) is 22.6.